The normalized spacial score (nSPS) is 16.0. The molecule has 0 radical (unpaired) electrons. The first kappa shape index (κ1) is 13.5. The number of alkyl halides is 1. The third-order valence-corrected chi connectivity index (χ3v) is 4.03. The van der Waals surface area contributed by atoms with E-state index in [1.165, 1.54) is 4.90 Å². The van der Waals surface area contributed by atoms with Gasteiger partial charge in [0.15, 0.2) is 0 Å². The summed E-state index contributed by atoms with van der Waals surface area (Å²) in [6.07, 6.45) is 3.07. The number of hydrogen-bond acceptors (Lipinski definition) is 2. The van der Waals surface area contributed by atoms with Gasteiger partial charge in [0.2, 0.25) is 0 Å². The number of nitrogens with zero attached hydrogens (tertiary/aromatic N) is 1. The fraction of sp³-hybridized carbons (Fsp3) is 0.429. The van der Waals surface area contributed by atoms with E-state index in [9.17, 15) is 9.59 Å². The van der Waals surface area contributed by atoms with E-state index in [-0.39, 0.29) is 17.9 Å². The highest BCUT2D eigenvalue weighted by atomic mass is 127. The van der Waals surface area contributed by atoms with Gasteiger partial charge in [-0.1, -0.05) is 41.1 Å². The third kappa shape index (κ3) is 2.43. The minimum Gasteiger partial charge on any atom is -0.272 e. The Morgan fingerprint density at radius 2 is 1.67 bits per heavy atom. The second-order valence-electron chi connectivity index (χ2n) is 4.56. The van der Waals surface area contributed by atoms with E-state index in [2.05, 4.69) is 22.6 Å². The maximum Gasteiger partial charge on any atom is 0.261 e. The number of carbonyl (C=O) groups is 2. The number of halogens is 1. The molecule has 0 bridgehead atoms. The summed E-state index contributed by atoms with van der Waals surface area (Å²) in [6.45, 7) is 1.95. The Bertz CT molecular complexity index is 438. The predicted molar refractivity (Wildman–Crippen MR) is 79.1 cm³/mol. The van der Waals surface area contributed by atoms with Crippen LogP contribution in [0.1, 0.15) is 46.9 Å². The van der Waals surface area contributed by atoms with Crippen molar-refractivity contribution < 1.29 is 9.59 Å². The average molecular weight is 357 g/mol. The summed E-state index contributed by atoms with van der Waals surface area (Å²) in [5.41, 5.74) is 1.09. The number of imide groups is 1. The lowest BCUT2D eigenvalue weighted by atomic mass is 10.1. The van der Waals surface area contributed by atoms with Crippen molar-refractivity contribution in [3.8, 4) is 0 Å². The number of hydrogen-bond donors (Lipinski definition) is 0. The van der Waals surface area contributed by atoms with Gasteiger partial charge in [0.05, 0.1) is 11.1 Å². The Balaban J connectivity index is 2.13. The second kappa shape index (κ2) is 5.82. The van der Waals surface area contributed by atoms with Gasteiger partial charge in [0.1, 0.15) is 0 Å². The lowest BCUT2D eigenvalue weighted by molar-refractivity contribution is 0.0588. The van der Waals surface area contributed by atoms with Crippen LogP contribution in [0.25, 0.3) is 0 Å². The first-order valence-corrected chi connectivity index (χ1v) is 7.72. The zero-order valence-corrected chi connectivity index (χ0v) is 12.5. The largest absolute Gasteiger partial charge is 0.272 e. The van der Waals surface area contributed by atoms with Gasteiger partial charge in [-0.2, -0.15) is 0 Å². The van der Waals surface area contributed by atoms with Gasteiger partial charge in [-0.3, -0.25) is 14.5 Å². The maximum atomic E-state index is 12.2. The number of benzene rings is 1. The quantitative estimate of drug-likeness (QED) is 0.351. The molecule has 4 heteroatoms. The summed E-state index contributed by atoms with van der Waals surface area (Å²) in [4.78, 5) is 25.8. The van der Waals surface area contributed by atoms with Gasteiger partial charge >= 0.3 is 0 Å². The van der Waals surface area contributed by atoms with Crippen LogP contribution in [0.3, 0.4) is 0 Å². The third-order valence-electron chi connectivity index (χ3n) is 3.27. The van der Waals surface area contributed by atoms with E-state index in [1.807, 2.05) is 6.92 Å². The van der Waals surface area contributed by atoms with Crippen molar-refractivity contribution in [3.05, 3.63) is 35.4 Å². The summed E-state index contributed by atoms with van der Waals surface area (Å²) < 4.78 is 1.12. The topological polar surface area (TPSA) is 37.4 Å². The van der Waals surface area contributed by atoms with Crippen LogP contribution >= 0.6 is 22.6 Å². The molecule has 0 N–H and O–H groups in total. The van der Waals surface area contributed by atoms with Crippen molar-refractivity contribution in [3.63, 3.8) is 0 Å². The summed E-state index contributed by atoms with van der Waals surface area (Å²) >= 11 is 2.34. The molecular formula is C14H16INO2. The molecule has 0 aromatic heterocycles. The summed E-state index contributed by atoms with van der Waals surface area (Å²) in [7, 11) is 0. The van der Waals surface area contributed by atoms with Crippen molar-refractivity contribution in [2.45, 2.75) is 32.2 Å². The highest BCUT2D eigenvalue weighted by Gasteiger charge is 2.37. The van der Waals surface area contributed by atoms with Crippen molar-refractivity contribution >= 4 is 34.4 Å². The van der Waals surface area contributed by atoms with Crippen LogP contribution in [0.2, 0.25) is 0 Å². The smallest absolute Gasteiger partial charge is 0.261 e. The number of amides is 2. The van der Waals surface area contributed by atoms with E-state index in [1.54, 1.807) is 24.3 Å². The molecular weight excluding hydrogens is 341 g/mol. The Hall–Kier alpha value is -0.910. The number of carbonyl (C=O) groups excluding carboxylic acids is 2. The van der Waals surface area contributed by atoms with Crippen molar-refractivity contribution in [1.29, 1.82) is 0 Å². The molecule has 0 saturated heterocycles. The molecule has 0 aliphatic carbocycles. The molecule has 0 spiro atoms. The van der Waals surface area contributed by atoms with Gasteiger partial charge in [-0.05, 0) is 36.3 Å². The zero-order valence-electron chi connectivity index (χ0n) is 10.4. The first-order chi connectivity index (χ1) is 8.66. The molecule has 1 aliphatic rings. The van der Waals surface area contributed by atoms with Crippen LogP contribution in [0.15, 0.2) is 24.3 Å². The predicted octanol–water partition coefficient (Wildman–Crippen LogP) is 3.28. The molecule has 0 fully saturated rings. The molecule has 2 amide bonds. The zero-order chi connectivity index (χ0) is 13.1. The molecule has 1 aromatic carbocycles. The SMILES string of the molecule is C[C@H](CCCCI)N1C(=O)c2ccccc2C1=O. The highest BCUT2D eigenvalue weighted by Crippen LogP contribution is 2.25. The monoisotopic (exact) mass is 357 g/mol. The molecule has 18 heavy (non-hydrogen) atoms. The summed E-state index contributed by atoms with van der Waals surface area (Å²) in [6, 6.07) is 7.04. The molecule has 0 unspecified atom stereocenters. The number of fused-ring (bicyclic) bond motifs is 1. The van der Waals surface area contributed by atoms with E-state index in [4.69, 9.17) is 0 Å². The lowest BCUT2D eigenvalue weighted by Gasteiger charge is -2.22. The number of rotatable bonds is 5. The first-order valence-electron chi connectivity index (χ1n) is 6.19. The fourth-order valence-electron chi connectivity index (χ4n) is 2.27. The minimum atomic E-state index is -0.141. The Morgan fingerprint density at radius 1 is 1.11 bits per heavy atom. The Kier molecular flexibility index (Phi) is 4.37. The molecule has 1 heterocycles. The average Bonchev–Trinajstić information content (AvgIpc) is 2.63. The van der Waals surface area contributed by atoms with Gasteiger partial charge in [-0.25, -0.2) is 0 Å². The van der Waals surface area contributed by atoms with Crippen LogP contribution in [0, 0.1) is 0 Å². The number of unbranched alkanes of at least 4 members (excludes halogenated alkanes) is 1. The molecule has 3 nitrogen and oxygen atoms in total. The van der Waals surface area contributed by atoms with Crippen LogP contribution in [0.4, 0.5) is 0 Å². The molecule has 1 aliphatic heterocycles. The van der Waals surface area contributed by atoms with Gasteiger partial charge in [0.25, 0.3) is 11.8 Å². The van der Waals surface area contributed by atoms with Crippen LogP contribution in [-0.4, -0.2) is 27.2 Å². The fourth-order valence-corrected chi connectivity index (χ4v) is 2.81. The van der Waals surface area contributed by atoms with Crippen molar-refractivity contribution in [2.75, 3.05) is 4.43 Å². The van der Waals surface area contributed by atoms with Gasteiger partial charge in [0, 0.05) is 6.04 Å². The Morgan fingerprint density at radius 3 is 2.17 bits per heavy atom. The van der Waals surface area contributed by atoms with E-state index < -0.39 is 0 Å². The van der Waals surface area contributed by atoms with Crippen molar-refractivity contribution in [2.24, 2.45) is 0 Å². The lowest BCUT2D eigenvalue weighted by Crippen LogP contribution is -2.37. The van der Waals surface area contributed by atoms with Gasteiger partial charge in [-0.15, -0.1) is 0 Å². The van der Waals surface area contributed by atoms with Gasteiger partial charge < -0.3 is 0 Å². The van der Waals surface area contributed by atoms with Crippen LogP contribution in [-0.2, 0) is 0 Å². The summed E-state index contributed by atoms with van der Waals surface area (Å²) in [5.74, 6) is -0.282. The standard InChI is InChI=1S/C14H16INO2/c1-10(6-4-5-9-15)16-13(17)11-7-2-3-8-12(11)14(16)18/h2-3,7-8,10H,4-6,9H2,1H3/t10-/m1/s1. The molecule has 1 aromatic rings. The second-order valence-corrected chi connectivity index (χ2v) is 5.64. The summed E-state index contributed by atoms with van der Waals surface area (Å²) in [5, 5.41) is 0. The van der Waals surface area contributed by atoms with E-state index >= 15 is 0 Å². The molecule has 2 rings (SSSR count). The van der Waals surface area contributed by atoms with Crippen molar-refractivity contribution in [1.82, 2.24) is 4.90 Å². The van der Waals surface area contributed by atoms with E-state index in [0.717, 1.165) is 23.7 Å². The molecule has 1 atom stereocenters. The molecule has 96 valence electrons. The molecule has 0 saturated carbocycles. The maximum absolute atomic E-state index is 12.2. The highest BCUT2D eigenvalue weighted by molar-refractivity contribution is 14.1. The van der Waals surface area contributed by atoms with E-state index in [0.29, 0.717) is 11.1 Å². The van der Waals surface area contributed by atoms with Crippen LogP contribution in [0.5, 0.6) is 0 Å². The van der Waals surface area contributed by atoms with Crippen LogP contribution < -0.4 is 0 Å². The Labute approximate surface area is 121 Å². The minimum absolute atomic E-state index is 0.0136.